The predicted octanol–water partition coefficient (Wildman–Crippen LogP) is 2.14. The van der Waals surface area contributed by atoms with Crippen LogP contribution in [0.4, 0.5) is 0 Å². The van der Waals surface area contributed by atoms with Crippen LogP contribution >= 0.6 is 12.4 Å². The lowest BCUT2D eigenvalue weighted by molar-refractivity contribution is -0.168. The van der Waals surface area contributed by atoms with E-state index in [-0.39, 0.29) is 23.8 Å². The fourth-order valence-corrected chi connectivity index (χ4v) is 2.75. The van der Waals surface area contributed by atoms with Crippen molar-refractivity contribution in [1.82, 2.24) is 0 Å². The van der Waals surface area contributed by atoms with Crippen molar-refractivity contribution in [2.24, 2.45) is 5.92 Å². The van der Waals surface area contributed by atoms with Crippen molar-refractivity contribution < 1.29 is 20.5 Å². The molecule has 0 radical (unpaired) electrons. The van der Waals surface area contributed by atoms with Crippen LogP contribution in [0.15, 0.2) is 30.3 Å². The standard InChI is InChI=1S/C14H18O3.ClH.H2O/c15-13(16)14(17,11-7-3-1-4-8-11)12-9-5-2-6-10-12;;/h1,3-4,7-8,12,17H,2,5-6,9-10H2,(H,15,16);1H;1H2. The Balaban J connectivity index is 0.00000162. The van der Waals surface area contributed by atoms with Gasteiger partial charge in [0.1, 0.15) is 0 Å². The van der Waals surface area contributed by atoms with Gasteiger partial charge in [0, 0.05) is 5.92 Å². The van der Waals surface area contributed by atoms with Crippen LogP contribution in [0.25, 0.3) is 0 Å². The first kappa shape index (κ1) is 17.9. The van der Waals surface area contributed by atoms with E-state index in [1.807, 2.05) is 6.07 Å². The van der Waals surface area contributed by atoms with Gasteiger partial charge in [-0.1, -0.05) is 49.6 Å². The predicted molar refractivity (Wildman–Crippen MR) is 75.4 cm³/mol. The van der Waals surface area contributed by atoms with Gasteiger partial charge in [-0.3, -0.25) is 0 Å². The van der Waals surface area contributed by atoms with Crippen LogP contribution in [0, 0.1) is 5.92 Å². The van der Waals surface area contributed by atoms with Gasteiger partial charge in [0.15, 0.2) is 5.60 Å². The number of carboxylic acids is 1. The van der Waals surface area contributed by atoms with Gasteiger partial charge in [-0.15, -0.1) is 12.4 Å². The monoisotopic (exact) mass is 288 g/mol. The molecule has 5 heteroatoms. The smallest absolute Gasteiger partial charge is 0.340 e. The minimum absolute atomic E-state index is 0. The van der Waals surface area contributed by atoms with Crippen LogP contribution in [0.3, 0.4) is 0 Å². The van der Waals surface area contributed by atoms with Gasteiger partial charge in [-0.05, 0) is 18.4 Å². The average molecular weight is 289 g/mol. The summed E-state index contributed by atoms with van der Waals surface area (Å²) in [6, 6.07) is 8.76. The van der Waals surface area contributed by atoms with Gasteiger partial charge in [0.05, 0.1) is 0 Å². The highest BCUT2D eigenvalue weighted by atomic mass is 35.5. The summed E-state index contributed by atoms with van der Waals surface area (Å²) in [6.45, 7) is 0. The third-order valence-corrected chi connectivity index (χ3v) is 3.74. The van der Waals surface area contributed by atoms with Crippen LogP contribution in [-0.4, -0.2) is 21.7 Å². The fourth-order valence-electron chi connectivity index (χ4n) is 2.75. The molecule has 1 aromatic rings. The highest BCUT2D eigenvalue weighted by molar-refractivity contribution is 5.85. The molecule has 0 heterocycles. The van der Waals surface area contributed by atoms with Crippen LogP contribution in [0.2, 0.25) is 0 Å². The zero-order chi connectivity index (χ0) is 12.3. The van der Waals surface area contributed by atoms with Crippen LogP contribution in [0.1, 0.15) is 37.7 Å². The second-order valence-corrected chi connectivity index (χ2v) is 4.77. The lowest BCUT2D eigenvalue weighted by atomic mass is 9.73. The maximum Gasteiger partial charge on any atom is 0.340 e. The first-order chi connectivity index (χ1) is 8.15. The van der Waals surface area contributed by atoms with Crippen molar-refractivity contribution in [3.8, 4) is 0 Å². The molecule has 1 aliphatic carbocycles. The number of carboxylic acid groups (broad SMARTS) is 1. The summed E-state index contributed by atoms with van der Waals surface area (Å²) in [5.41, 5.74) is -1.22. The van der Waals surface area contributed by atoms with E-state index in [1.165, 1.54) is 0 Å². The van der Waals surface area contributed by atoms with E-state index >= 15 is 0 Å². The number of hydrogen-bond acceptors (Lipinski definition) is 2. The number of rotatable bonds is 3. The second kappa shape index (κ2) is 7.48. The molecule has 0 amide bonds. The Morgan fingerprint density at radius 1 is 1.11 bits per heavy atom. The Morgan fingerprint density at radius 3 is 2.11 bits per heavy atom. The quantitative estimate of drug-likeness (QED) is 0.893. The molecule has 1 aliphatic rings. The highest BCUT2D eigenvalue weighted by Gasteiger charge is 2.45. The lowest BCUT2D eigenvalue weighted by Gasteiger charge is -2.35. The van der Waals surface area contributed by atoms with E-state index in [0.29, 0.717) is 5.56 Å². The van der Waals surface area contributed by atoms with Gasteiger partial charge < -0.3 is 15.7 Å². The summed E-state index contributed by atoms with van der Waals surface area (Å²) in [5.74, 6) is -1.30. The van der Waals surface area contributed by atoms with E-state index in [4.69, 9.17) is 0 Å². The van der Waals surface area contributed by atoms with E-state index < -0.39 is 11.6 Å². The summed E-state index contributed by atoms with van der Waals surface area (Å²) >= 11 is 0. The van der Waals surface area contributed by atoms with Crippen molar-refractivity contribution in [2.45, 2.75) is 37.7 Å². The first-order valence-corrected chi connectivity index (χ1v) is 6.17. The summed E-state index contributed by atoms with van der Waals surface area (Å²) in [6.07, 6.45) is 4.73. The largest absolute Gasteiger partial charge is 0.479 e. The van der Waals surface area contributed by atoms with Crippen molar-refractivity contribution in [3.05, 3.63) is 35.9 Å². The Hall–Kier alpha value is -1.10. The van der Waals surface area contributed by atoms with Gasteiger partial charge in [0.2, 0.25) is 0 Å². The van der Waals surface area contributed by atoms with Crippen molar-refractivity contribution in [2.75, 3.05) is 0 Å². The molecule has 1 unspecified atom stereocenters. The summed E-state index contributed by atoms with van der Waals surface area (Å²) in [5, 5.41) is 20.0. The van der Waals surface area contributed by atoms with Gasteiger partial charge >= 0.3 is 5.97 Å². The van der Waals surface area contributed by atoms with Crippen molar-refractivity contribution in [1.29, 1.82) is 0 Å². The fraction of sp³-hybridized carbons (Fsp3) is 0.500. The second-order valence-electron chi connectivity index (χ2n) is 4.77. The maximum absolute atomic E-state index is 11.5. The third-order valence-electron chi connectivity index (χ3n) is 3.74. The zero-order valence-corrected chi connectivity index (χ0v) is 11.5. The SMILES string of the molecule is Cl.O.O=C(O)C(O)(c1ccccc1)C1CCCCC1. The topological polar surface area (TPSA) is 89.0 Å². The maximum atomic E-state index is 11.5. The number of hydrogen-bond donors (Lipinski definition) is 2. The van der Waals surface area contributed by atoms with Gasteiger partial charge in [-0.25, -0.2) is 4.79 Å². The Morgan fingerprint density at radius 2 is 1.63 bits per heavy atom. The Bertz CT molecular complexity index is 390. The van der Waals surface area contributed by atoms with Gasteiger partial charge in [0.25, 0.3) is 0 Å². The molecule has 108 valence electrons. The summed E-state index contributed by atoms with van der Waals surface area (Å²) in [7, 11) is 0. The molecule has 1 saturated carbocycles. The molecule has 19 heavy (non-hydrogen) atoms. The lowest BCUT2D eigenvalue weighted by Crippen LogP contribution is -2.43. The van der Waals surface area contributed by atoms with Crippen LogP contribution < -0.4 is 0 Å². The number of carbonyl (C=O) groups is 1. The average Bonchev–Trinajstić information content (AvgIpc) is 2.39. The molecule has 0 aliphatic heterocycles. The molecule has 1 atom stereocenters. The summed E-state index contributed by atoms with van der Waals surface area (Å²) < 4.78 is 0. The van der Waals surface area contributed by atoms with E-state index in [1.54, 1.807) is 24.3 Å². The van der Waals surface area contributed by atoms with Crippen molar-refractivity contribution in [3.63, 3.8) is 0 Å². The molecule has 4 nitrogen and oxygen atoms in total. The molecule has 0 saturated heterocycles. The Labute approximate surface area is 119 Å². The molecule has 1 aromatic carbocycles. The molecule has 0 spiro atoms. The van der Waals surface area contributed by atoms with Crippen molar-refractivity contribution >= 4 is 18.4 Å². The molecular weight excluding hydrogens is 268 g/mol. The third kappa shape index (κ3) is 3.47. The number of aliphatic hydroxyl groups is 1. The highest BCUT2D eigenvalue weighted by Crippen LogP contribution is 2.39. The molecule has 2 rings (SSSR count). The molecule has 0 bridgehead atoms. The molecule has 1 fully saturated rings. The van der Waals surface area contributed by atoms with Crippen LogP contribution in [0.5, 0.6) is 0 Å². The van der Waals surface area contributed by atoms with E-state index in [0.717, 1.165) is 32.1 Å². The number of halogens is 1. The number of aliphatic carboxylic acids is 1. The molecule has 4 N–H and O–H groups in total. The summed E-state index contributed by atoms with van der Waals surface area (Å²) in [4.78, 5) is 11.5. The molecular formula is C14H21ClO4. The Kier molecular flexibility index (Phi) is 7.05. The van der Waals surface area contributed by atoms with Crippen LogP contribution in [-0.2, 0) is 10.4 Å². The van der Waals surface area contributed by atoms with E-state index in [2.05, 4.69) is 0 Å². The minimum atomic E-state index is -1.72. The number of benzene rings is 1. The normalized spacial score (nSPS) is 18.6. The minimum Gasteiger partial charge on any atom is -0.479 e. The zero-order valence-electron chi connectivity index (χ0n) is 10.7. The van der Waals surface area contributed by atoms with E-state index in [9.17, 15) is 15.0 Å². The first-order valence-electron chi connectivity index (χ1n) is 6.17. The van der Waals surface area contributed by atoms with Gasteiger partial charge in [-0.2, -0.15) is 0 Å². The molecule has 0 aromatic heterocycles.